The Hall–Kier alpha value is -1.75. The monoisotopic (exact) mass is 430 g/mol. The van der Waals surface area contributed by atoms with E-state index in [4.69, 9.17) is 27.9 Å². The molecule has 6 heteroatoms. The summed E-state index contributed by atoms with van der Waals surface area (Å²) in [6.45, 7) is 3.15. The summed E-state index contributed by atoms with van der Waals surface area (Å²) in [7, 11) is 0. The van der Waals surface area contributed by atoms with Crippen LogP contribution in [0.4, 0.5) is 4.79 Å². The Balaban J connectivity index is 1.30. The SMILES string of the molecule is O=C(NC1CCc2ccc(-c3ccc(Cl)c(Cl)c3)cc21)O[C@H]1CN2CCC1CC2. The van der Waals surface area contributed by atoms with Gasteiger partial charge >= 0.3 is 6.09 Å². The average Bonchev–Trinajstić information content (AvgIpc) is 3.13. The quantitative estimate of drug-likeness (QED) is 0.701. The molecule has 1 unspecified atom stereocenters. The van der Waals surface area contributed by atoms with Crippen LogP contribution < -0.4 is 5.32 Å². The number of nitrogens with one attached hydrogen (secondary N) is 1. The van der Waals surface area contributed by atoms with E-state index in [-0.39, 0.29) is 18.2 Å². The van der Waals surface area contributed by atoms with Crippen LogP contribution in [-0.4, -0.2) is 36.7 Å². The lowest BCUT2D eigenvalue weighted by atomic mass is 9.86. The van der Waals surface area contributed by atoms with E-state index in [1.807, 2.05) is 18.2 Å². The molecule has 2 bridgehead atoms. The zero-order valence-electron chi connectivity index (χ0n) is 16.2. The summed E-state index contributed by atoms with van der Waals surface area (Å²) in [6, 6.07) is 12.1. The van der Waals surface area contributed by atoms with Crippen molar-refractivity contribution >= 4 is 29.3 Å². The highest BCUT2D eigenvalue weighted by atomic mass is 35.5. The zero-order chi connectivity index (χ0) is 20.0. The van der Waals surface area contributed by atoms with Crippen molar-refractivity contribution in [3.63, 3.8) is 0 Å². The van der Waals surface area contributed by atoms with Crippen molar-refractivity contribution in [1.29, 1.82) is 0 Å². The molecule has 1 aliphatic carbocycles. The van der Waals surface area contributed by atoms with E-state index in [0.717, 1.165) is 56.4 Å². The molecule has 0 aromatic heterocycles. The molecule has 2 atom stereocenters. The first-order valence-electron chi connectivity index (χ1n) is 10.3. The molecule has 0 spiro atoms. The summed E-state index contributed by atoms with van der Waals surface area (Å²) in [5.41, 5.74) is 4.53. The molecule has 29 heavy (non-hydrogen) atoms. The van der Waals surface area contributed by atoms with Crippen LogP contribution in [0.15, 0.2) is 36.4 Å². The first-order valence-corrected chi connectivity index (χ1v) is 11.1. The smallest absolute Gasteiger partial charge is 0.407 e. The van der Waals surface area contributed by atoms with Gasteiger partial charge in [0.05, 0.1) is 16.1 Å². The number of carbonyl (C=O) groups is 1. The molecular formula is C23H24Cl2N2O2. The van der Waals surface area contributed by atoms with E-state index >= 15 is 0 Å². The summed E-state index contributed by atoms with van der Waals surface area (Å²) in [4.78, 5) is 15.0. The second kappa shape index (κ2) is 7.82. The van der Waals surface area contributed by atoms with Gasteiger partial charge in [0.2, 0.25) is 0 Å². The van der Waals surface area contributed by atoms with Crippen LogP contribution in [0.1, 0.15) is 36.4 Å². The van der Waals surface area contributed by atoms with Gasteiger partial charge in [-0.05, 0) is 85.1 Å². The number of aryl methyl sites for hydroxylation is 1. The zero-order valence-corrected chi connectivity index (χ0v) is 17.7. The van der Waals surface area contributed by atoms with E-state index < -0.39 is 0 Å². The number of alkyl carbamates (subject to hydrolysis) is 1. The number of amides is 1. The van der Waals surface area contributed by atoms with Crippen molar-refractivity contribution in [3.8, 4) is 11.1 Å². The predicted molar refractivity (Wildman–Crippen MR) is 116 cm³/mol. The second-order valence-corrected chi connectivity index (χ2v) is 9.17. The minimum Gasteiger partial charge on any atom is -0.445 e. The van der Waals surface area contributed by atoms with Gasteiger partial charge in [-0.2, -0.15) is 0 Å². The van der Waals surface area contributed by atoms with E-state index in [0.29, 0.717) is 16.0 Å². The standard InChI is InChI=1S/C23H24Cl2N2O2/c24-19-5-3-17(12-20(19)25)16-2-1-14-4-6-21(18(14)11-16)26-23(28)29-22-13-27-9-7-15(22)8-10-27/h1-3,5,11-12,15,21-22H,4,6-10,13H2,(H,26,28)/t21?,22-/m0/s1. The van der Waals surface area contributed by atoms with Gasteiger partial charge in [0.25, 0.3) is 0 Å². The van der Waals surface area contributed by atoms with Crippen LogP contribution in [0.3, 0.4) is 0 Å². The molecule has 0 saturated carbocycles. The Labute approximate surface area is 181 Å². The third-order valence-corrected chi connectivity index (χ3v) is 7.36. The predicted octanol–water partition coefficient (Wildman–Crippen LogP) is 5.47. The van der Waals surface area contributed by atoms with Crippen LogP contribution >= 0.6 is 23.2 Å². The molecule has 0 radical (unpaired) electrons. The number of carbonyl (C=O) groups excluding carboxylic acids is 1. The van der Waals surface area contributed by atoms with Gasteiger partial charge in [-0.25, -0.2) is 4.79 Å². The second-order valence-electron chi connectivity index (χ2n) is 8.36. The van der Waals surface area contributed by atoms with E-state index in [1.165, 1.54) is 11.1 Å². The van der Waals surface area contributed by atoms with Crippen LogP contribution in [0.2, 0.25) is 10.0 Å². The minimum absolute atomic E-state index is 0.0127. The summed E-state index contributed by atoms with van der Waals surface area (Å²) < 4.78 is 5.82. The molecule has 2 aromatic carbocycles. The third kappa shape index (κ3) is 3.86. The van der Waals surface area contributed by atoms with Gasteiger partial charge in [0, 0.05) is 6.54 Å². The fraction of sp³-hybridized carbons (Fsp3) is 0.435. The molecule has 4 aliphatic rings. The van der Waals surface area contributed by atoms with Crippen LogP contribution in [-0.2, 0) is 11.2 Å². The Morgan fingerprint density at radius 2 is 1.76 bits per heavy atom. The van der Waals surface area contributed by atoms with Gasteiger partial charge in [0.1, 0.15) is 6.10 Å². The number of ether oxygens (including phenoxy) is 1. The number of piperidine rings is 3. The number of benzene rings is 2. The maximum Gasteiger partial charge on any atom is 0.407 e. The molecule has 2 aromatic rings. The third-order valence-electron chi connectivity index (χ3n) is 6.62. The average molecular weight is 431 g/mol. The molecule has 1 amide bonds. The topological polar surface area (TPSA) is 41.6 Å². The number of fused-ring (bicyclic) bond motifs is 4. The first kappa shape index (κ1) is 19.2. The number of nitrogens with zero attached hydrogens (tertiary/aromatic N) is 1. The fourth-order valence-electron chi connectivity index (χ4n) is 4.97. The molecule has 1 N–H and O–H groups in total. The number of hydrogen-bond acceptors (Lipinski definition) is 3. The van der Waals surface area contributed by atoms with Crippen LogP contribution in [0.5, 0.6) is 0 Å². The molecule has 3 fully saturated rings. The lowest BCUT2D eigenvalue weighted by Gasteiger charge is -2.43. The molecule has 4 nitrogen and oxygen atoms in total. The van der Waals surface area contributed by atoms with Crippen molar-refractivity contribution in [2.75, 3.05) is 19.6 Å². The maximum absolute atomic E-state index is 12.6. The van der Waals surface area contributed by atoms with Gasteiger partial charge in [-0.3, -0.25) is 4.90 Å². The van der Waals surface area contributed by atoms with Gasteiger partial charge < -0.3 is 10.1 Å². The number of halogens is 2. The van der Waals surface area contributed by atoms with Crippen LogP contribution in [0, 0.1) is 5.92 Å². The molecule has 6 rings (SSSR count). The highest BCUT2D eigenvalue weighted by Crippen LogP contribution is 2.36. The molecule has 3 aliphatic heterocycles. The lowest BCUT2D eigenvalue weighted by molar-refractivity contribution is -0.0339. The molecule has 3 saturated heterocycles. The largest absolute Gasteiger partial charge is 0.445 e. The molecular weight excluding hydrogens is 407 g/mol. The molecule has 3 heterocycles. The normalized spacial score (nSPS) is 27.5. The van der Waals surface area contributed by atoms with Crippen molar-refractivity contribution < 1.29 is 9.53 Å². The summed E-state index contributed by atoms with van der Waals surface area (Å²) in [6.07, 6.45) is 3.87. The Bertz CT molecular complexity index is 940. The number of rotatable bonds is 3. The van der Waals surface area contributed by atoms with E-state index in [1.54, 1.807) is 0 Å². The molecule has 152 valence electrons. The Morgan fingerprint density at radius 3 is 2.48 bits per heavy atom. The highest BCUT2D eigenvalue weighted by molar-refractivity contribution is 6.42. The van der Waals surface area contributed by atoms with Crippen molar-refractivity contribution in [2.45, 2.75) is 37.8 Å². The summed E-state index contributed by atoms with van der Waals surface area (Å²) in [5.74, 6) is 0.517. The fourth-order valence-corrected chi connectivity index (χ4v) is 5.26. The summed E-state index contributed by atoms with van der Waals surface area (Å²) in [5, 5.41) is 4.20. The van der Waals surface area contributed by atoms with Gasteiger partial charge in [-0.1, -0.05) is 41.4 Å². The minimum atomic E-state index is -0.290. The highest BCUT2D eigenvalue weighted by Gasteiger charge is 2.37. The maximum atomic E-state index is 12.6. The van der Waals surface area contributed by atoms with Gasteiger partial charge in [-0.15, -0.1) is 0 Å². The lowest BCUT2D eigenvalue weighted by Crippen LogP contribution is -2.52. The van der Waals surface area contributed by atoms with Crippen molar-refractivity contribution in [1.82, 2.24) is 10.2 Å². The Morgan fingerprint density at radius 1 is 1.00 bits per heavy atom. The van der Waals surface area contributed by atoms with Crippen molar-refractivity contribution in [2.24, 2.45) is 5.92 Å². The van der Waals surface area contributed by atoms with E-state index in [2.05, 4.69) is 28.4 Å². The first-order chi connectivity index (χ1) is 14.1. The van der Waals surface area contributed by atoms with E-state index in [9.17, 15) is 4.79 Å². The van der Waals surface area contributed by atoms with Gasteiger partial charge in [0.15, 0.2) is 0 Å². The van der Waals surface area contributed by atoms with Crippen molar-refractivity contribution in [3.05, 3.63) is 57.6 Å². The summed E-state index contributed by atoms with van der Waals surface area (Å²) >= 11 is 12.2. The number of hydrogen-bond donors (Lipinski definition) is 1. The Kier molecular flexibility index (Phi) is 5.19. The van der Waals surface area contributed by atoms with Crippen LogP contribution in [0.25, 0.3) is 11.1 Å².